The maximum absolute atomic E-state index is 11.4. The summed E-state index contributed by atoms with van der Waals surface area (Å²) >= 11 is 0. The molecule has 1 heterocycles. The zero-order valence-corrected chi connectivity index (χ0v) is 10.6. The predicted molar refractivity (Wildman–Crippen MR) is 65.3 cm³/mol. The topological polar surface area (TPSA) is 97.6 Å². The molecule has 0 fully saturated rings. The van der Waals surface area contributed by atoms with Gasteiger partial charge in [0.15, 0.2) is 5.76 Å². The fraction of sp³-hybridized carbons (Fsp3) is 0.417. The molecule has 0 spiro atoms. The van der Waals surface area contributed by atoms with Crippen LogP contribution in [0.15, 0.2) is 22.8 Å². The van der Waals surface area contributed by atoms with E-state index in [1.807, 2.05) is 0 Å². The Morgan fingerprint density at radius 3 is 2.74 bits per heavy atom. The average molecular weight is 268 g/mol. The van der Waals surface area contributed by atoms with Crippen molar-refractivity contribution < 1.29 is 23.5 Å². The van der Waals surface area contributed by atoms with Gasteiger partial charge in [-0.1, -0.05) is 0 Å². The van der Waals surface area contributed by atoms with Crippen molar-refractivity contribution in [1.29, 1.82) is 0 Å². The first-order valence-electron chi connectivity index (χ1n) is 5.87. The molecule has 104 valence electrons. The van der Waals surface area contributed by atoms with Gasteiger partial charge in [-0.15, -0.1) is 0 Å². The number of carbonyl (C=O) groups excluding carboxylic acids is 3. The first-order chi connectivity index (χ1) is 9.13. The molecule has 7 nitrogen and oxygen atoms in total. The van der Waals surface area contributed by atoms with Gasteiger partial charge in [-0.05, 0) is 19.1 Å². The Labute approximate surface area is 110 Å². The Bertz CT molecular complexity index is 427. The molecule has 19 heavy (non-hydrogen) atoms. The molecule has 1 aromatic rings. The highest BCUT2D eigenvalue weighted by molar-refractivity contribution is 5.94. The highest BCUT2D eigenvalue weighted by Crippen LogP contribution is 1.98. The van der Waals surface area contributed by atoms with Crippen LogP contribution in [0, 0.1) is 0 Å². The summed E-state index contributed by atoms with van der Waals surface area (Å²) in [5, 5.41) is 4.87. The summed E-state index contributed by atoms with van der Waals surface area (Å²) in [4.78, 5) is 33.8. The second kappa shape index (κ2) is 7.91. The van der Waals surface area contributed by atoms with Crippen LogP contribution in [0.1, 0.15) is 23.9 Å². The van der Waals surface area contributed by atoms with E-state index in [0.29, 0.717) is 6.61 Å². The van der Waals surface area contributed by atoms with Gasteiger partial charge < -0.3 is 19.8 Å². The van der Waals surface area contributed by atoms with E-state index in [4.69, 9.17) is 9.15 Å². The number of ether oxygens (including phenoxy) is 1. The Kier molecular flexibility index (Phi) is 6.14. The molecular formula is C12H16N2O5. The Balaban J connectivity index is 2.14. The molecule has 0 atom stereocenters. The fourth-order valence-corrected chi connectivity index (χ4v) is 1.26. The van der Waals surface area contributed by atoms with Crippen LogP contribution in [-0.2, 0) is 14.3 Å². The lowest BCUT2D eigenvalue weighted by Crippen LogP contribution is -2.37. The standard InChI is InChI=1S/C12H16N2O5/c1-2-18-11(16)5-6-13-10(15)8-14-12(17)9-4-3-7-19-9/h3-4,7H,2,5-6,8H2,1H3,(H,13,15)(H,14,17). The van der Waals surface area contributed by atoms with Gasteiger partial charge in [0.2, 0.25) is 5.91 Å². The highest BCUT2D eigenvalue weighted by Gasteiger charge is 2.10. The summed E-state index contributed by atoms with van der Waals surface area (Å²) in [5.74, 6) is -1.09. The first-order valence-corrected chi connectivity index (χ1v) is 5.87. The number of rotatable bonds is 7. The van der Waals surface area contributed by atoms with Gasteiger partial charge in [-0.25, -0.2) is 0 Å². The molecule has 0 aromatic carbocycles. The number of hydrogen-bond donors (Lipinski definition) is 2. The van der Waals surface area contributed by atoms with Gasteiger partial charge in [0, 0.05) is 6.54 Å². The van der Waals surface area contributed by atoms with E-state index >= 15 is 0 Å². The normalized spacial score (nSPS) is 9.74. The number of esters is 1. The van der Waals surface area contributed by atoms with Gasteiger partial charge in [-0.2, -0.15) is 0 Å². The lowest BCUT2D eigenvalue weighted by Gasteiger charge is -2.05. The fourth-order valence-electron chi connectivity index (χ4n) is 1.26. The number of furan rings is 1. The van der Waals surface area contributed by atoms with Crippen molar-refractivity contribution in [2.45, 2.75) is 13.3 Å². The Morgan fingerprint density at radius 1 is 1.32 bits per heavy atom. The molecule has 1 rings (SSSR count). The monoisotopic (exact) mass is 268 g/mol. The second-order valence-corrected chi connectivity index (χ2v) is 3.56. The summed E-state index contributed by atoms with van der Waals surface area (Å²) < 4.78 is 9.56. The van der Waals surface area contributed by atoms with E-state index in [1.165, 1.54) is 12.3 Å². The van der Waals surface area contributed by atoms with Crippen LogP contribution in [0.4, 0.5) is 0 Å². The molecule has 0 radical (unpaired) electrons. The molecule has 0 aliphatic rings. The molecule has 2 amide bonds. The summed E-state index contributed by atoms with van der Waals surface area (Å²) in [7, 11) is 0. The van der Waals surface area contributed by atoms with E-state index in [-0.39, 0.29) is 37.1 Å². The van der Waals surface area contributed by atoms with E-state index in [0.717, 1.165) is 0 Å². The van der Waals surface area contributed by atoms with Gasteiger partial charge >= 0.3 is 5.97 Å². The third kappa shape index (κ3) is 5.71. The zero-order valence-electron chi connectivity index (χ0n) is 10.6. The van der Waals surface area contributed by atoms with Crippen LogP contribution in [-0.4, -0.2) is 37.5 Å². The maximum atomic E-state index is 11.4. The lowest BCUT2D eigenvalue weighted by atomic mass is 10.4. The van der Waals surface area contributed by atoms with Gasteiger partial charge in [0.25, 0.3) is 5.91 Å². The zero-order chi connectivity index (χ0) is 14.1. The summed E-state index contributed by atoms with van der Waals surface area (Å²) in [6, 6.07) is 3.07. The largest absolute Gasteiger partial charge is 0.466 e. The van der Waals surface area contributed by atoms with Crippen LogP contribution < -0.4 is 10.6 Å². The van der Waals surface area contributed by atoms with Crippen molar-refractivity contribution in [1.82, 2.24) is 10.6 Å². The summed E-state index contributed by atoms with van der Waals surface area (Å²) in [6.45, 7) is 2.02. The Morgan fingerprint density at radius 2 is 2.11 bits per heavy atom. The van der Waals surface area contributed by atoms with Gasteiger partial charge in [0.1, 0.15) is 0 Å². The van der Waals surface area contributed by atoms with Gasteiger partial charge in [-0.3, -0.25) is 14.4 Å². The van der Waals surface area contributed by atoms with Crippen molar-refractivity contribution in [2.75, 3.05) is 19.7 Å². The Hall–Kier alpha value is -2.31. The quantitative estimate of drug-likeness (QED) is 0.682. The van der Waals surface area contributed by atoms with Crippen molar-refractivity contribution in [3.8, 4) is 0 Å². The minimum absolute atomic E-state index is 0.103. The third-order valence-electron chi connectivity index (χ3n) is 2.11. The van der Waals surface area contributed by atoms with E-state index in [1.54, 1.807) is 13.0 Å². The van der Waals surface area contributed by atoms with Crippen molar-refractivity contribution in [3.63, 3.8) is 0 Å². The predicted octanol–water partition coefficient (Wildman–Crippen LogP) is 0.0788. The molecule has 0 saturated carbocycles. The van der Waals surface area contributed by atoms with Crippen molar-refractivity contribution >= 4 is 17.8 Å². The smallest absolute Gasteiger partial charge is 0.307 e. The molecule has 0 aliphatic heterocycles. The first kappa shape index (κ1) is 14.7. The molecule has 0 saturated heterocycles. The molecule has 7 heteroatoms. The summed E-state index contributed by atoms with van der Waals surface area (Å²) in [6.07, 6.45) is 1.47. The number of hydrogen-bond acceptors (Lipinski definition) is 5. The second-order valence-electron chi connectivity index (χ2n) is 3.56. The highest BCUT2D eigenvalue weighted by atomic mass is 16.5. The number of amides is 2. The number of nitrogens with one attached hydrogen (secondary N) is 2. The van der Waals surface area contributed by atoms with Crippen LogP contribution in [0.25, 0.3) is 0 Å². The van der Waals surface area contributed by atoms with Crippen molar-refractivity contribution in [3.05, 3.63) is 24.2 Å². The van der Waals surface area contributed by atoms with Crippen molar-refractivity contribution in [2.24, 2.45) is 0 Å². The minimum Gasteiger partial charge on any atom is -0.466 e. The molecule has 2 N–H and O–H groups in total. The van der Waals surface area contributed by atoms with E-state index in [9.17, 15) is 14.4 Å². The average Bonchev–Trinajstić information content (AvgIpc) is 2.90. The van der Waals surface area contributed by atoms with Gasteiger partial charge in [0.05, 0.1) is 25.8 Å². The van der Waals surface area contributed by atoms with Crippen LogP contribution in [0.2, 0.25) is 0 Å². The van der Waals surface area contributed by atoms with E-state index in [2.05, 4.69) is 10.6 Å². The molecule has 1 aromatic heterocycles. The molecule has 0 unspecified atom stereocenters. The molecule has 0 aliphatic carbocycles. The molecule has 0 bridgehead atoms. The third-order valence-corrected chi connectivity index (χ3v) is 2.11. The van der Waals surface area contributed by atoms with Crippen LogP contribution in [0.5, 0.6) is 0 Å². The maximum Gasteiger partial charge on any atom is 0.307 e. The minimum atomic E-state index is -0.467. The number of carbonyl (C=O) groups is 3. The summed E-state index contributed by atoms with van der Waals surface area (Å²) in [5.41, 5.74) is 0. The SMILES string of the molecule is CCOC(=O)CCNC(=O)CNC(=O)c1ccco1. The van der Waals surface area contributed by atoms with Crippen LogP contribution >= 0.6 is 0 Å². The van der Waals surface area contributed by atoms with Crippen LogP contribution in [0.3, 0.4) is 0 Å². The van der Waals surface area contributed by atoms with E-state index < -0.39 is 5.91 Å². The lowest BCUT2D eigenvalue weighted by molar-refractivity contribution is -0.143. The molecular weight excluding hydrogens is 252 g/mol.